The lowest BCUT2D eigenvalue weighted by Crippen LogP contribution is -2.28. The second-order valence-electron chi connectivity index (χ2n) is 6.05. The van der Waals surface area contributed by atoms with Crippen LogP contribution in [0.1, 0.15) is 75.9 Å². The van der Waals surface area contributed by atoms with E-state index < -0.39 is 0 Å². The van der Waals surface area contributed by atoms with Crippen LogP contribution < -0.4 is 0 Å². The Morgan fingerprint density at radius 2 is 2.10 bits per heavy atom. The molecule has 1 amide bonds. The van der Waals surface area contributed by atoms with Crippen molar-refractivity contribution in [2.75, 3.05) is 13.6 Å². The molecule has 0 saturated heterocycles. The summed E-state index contributed by atoms with van der Waals surface area (Å²) in [6.07, 6.45) is 9.48. The first-order valence-electron chi connectivity index (χ1n) is 8.27. The summed E-state index contributed by atoms with van der Waals surface area (Å²) in [4.78, 5) is 18.1. The van der Waals surface area contributed by atoms with E-state index in [1.807, 2.05) is 7.05 Å². The van der Waals surface area contributed by atoms with Gasteiger partial charge in [0.25, 0.3) is 0 Å². The molecule has 1 aliphatic rings. The van der Waals surface area contributed by atoms with Gasteiger partial charge in [-0.25, -0.2) is 0 Å². The lowest BCUT2D eigenvalue weighted by molar-refractivity contribution is -0.130. The predicted octanol–water partition coefficient (Wildman–Crippen LogP) is 3.31. The molecule has 0 bridgehead atoms. The Morgan fingerprint density at radius 3 is 2.81 bits per heavy atom. The van der Waals surface area contributed by atoms with Gasteiger partial charge in [-0.2, -0.15) is 4.98 Å². The van der Waals surface area contributed by atoms with Crippen molar-refractivity contribution < 1.29 is 9.32 Å². The van der Waals surface area contributed by atoms with Crippen molar-refractivity contribution in [2.24, 2.45) is 0 Å². The SMILES string of the molecule is CCCCC(=O)N(C)CCc1noc(C2CCCCC2)n1. The monoisotopic (exact) mass is 293 g/mol. The van der Waals surface area contributed by atoms with Crippen LogP contribution in [0, 0.1) is 0 Å². The molecule has 0 spiro atoms. The molecular weight excluding hydrogens is 266 g/mol. The topological polar surface area (TPSA) is 59.2 Å². The fourth-order valence-electron chi connectivity index (χ4n) is 2.80. The number of hydrogen-bond acceptors (Lipinski definition) is 4. The molecule has 5 heteroatoms. The minimum absolute atomic E-state index is 0.202. The molecule has 0 N–H and O–H groups in total. The van der Waals surface area contributed by atoms with Crippen molar-refractivity contribution in [3.8, 4) is 0 Å². The predicted molar refractivity (Wildman–Crippen MR) is 81.0 cm³/mol. The second kappa shape index (κ2) is 8.15. The quantitative estimate of drug-likeness (QED) is 0.774. The van der Waals surface area contributed by atoms with Crippen LogP contribution in [0.4, 0.5) is 0 Å². The van der Waals surface area contributed by atoms with E-state index in [1.165, 1.54) is 19.3 Å². The molecule has 1 aromatic heterocycles. The van der Waals surface area contributed by atoms with E-state index in [9.17, 15) is 4.79 Å². The standard InChI is InChI=1S/C16H27N3O2/c1-3-4-10-15(20)19(2)12-11-14-17-16(21-18-14)13-8-6-5-7-9-13/h13H,3-12H2,1-2H3. The Kier molecular flexibility index (Phi) is 6.21. The third kappa shape index (κ3) is 4.83. The number of rotatable bonds is 7. The van der Waals surface area contributed by atoms with Gasteiger partial charge in [-0.15, -0.1) is 0 Å². The van der Waals surface area contributed by atoms with Gasteiger partial charge in [0.1, 0.15) is 0 Å². The van der Waals surface area contributed by atoms with Gasteiger partial charge < -0.3 is 9.42 Å². The zero-order chi connectivity index (χ0) is 15.1. The summed E-state index contributed by atoms with van der Waals surface area (Å²) < 4.78 is 5.40. The van der Waals surface area contributed by atoms with Crippen molar-refractivity contribution in [1.29, 1.82) is 0 Å². The smallest absolute Gasteiger partial charge is 0.229 e. The van der Waals surface area contributed by atoms with Gasteiger partial charge in [-0.05, 0) is 19.3 Å². The first-order chi connectivity index (χ1) is 10.2. The third-order valence-corrected chi connectivity index (χ3v) is 4.28. The highest BCUT2D eigenvalue weighted by atomic mass is 16.5. The maximum Gasteiger partial charge on any atom is 0.229 e. The molecule has 21 heavy (non-hydrogen) atoms. The van der Waals surface area contributed by atoms with Crippen LogP contribution in [0.2, 0.25) is 0 Å². The molecule has 1 saturated carbocycles. The molecule has 0 aromatic carbocycles. The van der Waals surface area contributed by atoms with Gasteiger partial charge >= 0.3 is 0 Å². The van der Waals surface area contributed by atoms with Crippen molar-refractivity contribution in [2.45, 2.75) is 70.6 Å². The number of nitrogens with zero attached hydrogens (tertiary/aromatic N) is 3. The molecule has 0 aliphatic heterocycles. The molecule has 1 aromatic rings. The number of unbranched alkanes of at least 4 members (excludes halogenated alkanes) is 1. The van der Waals surface area contributed by atoms with Crippen molar-refractivity contribution in [3.63, 3.8) is 0 Å². The van der Waals surface area contributed by atoms with Crippen LogP contribution in [0.15, 0.2) is 4.52 Å². The number of amides is 1. The summed E-state index contributed by atoms with van der Waals surface area (Å²) in [6, 6.07) is 0. The highest BCUT2D eigenvalue weighted by molar-refractivity contribution is 5.75. The van der Waals surface area contributed by atoms with Gasteiger partial charge in [0.15, 0.2) is 5.82 Å². The Labute approximate surface area is 127 Å². The molecule has 2 rings (SSSR count). The number of carbonyl (C=O) groups is 1. The summed E-state index contributed by atoms with van der Waals surface area (Å²) in [5.41, 5.74) is 0. The van der Waals surface area contributed by atoms with E-state index in [0.29, 0.717) is 25.3 Å². The number of likely N-dealkylation sites (N-methyl/N-ethyl adjacent to an activating group) is 1. The molecular formula is C16H27N3O2. The van der Waals surface area contributed by atoms with Gasteiger partial charge in [-0.3, -0.25) is 4.79 Å². The van der Waals surface area contributed by atoms with Gasteiger partial charge in [0.05, 0.1) is 0 Å². The fourth-order valence-corrected chi connectivity index (χ4v) is 2.80. The normalized spacial score (nSPS) is 16.1. The molecule has 118 valence electrons. The maximum absolute atomic E-state index is 11.8. The molecule has 1 aliphatic carbocycles. The van der Waals surface area contributed by atoms with E-state index in [4.69, 9.17) is 4.52 Å². The summed E-state index contributed by atoms with van der Waals surface area (Å²) in [6.45, 7) is 2.76. The van der Waals surface area contributed by atoms with Crippen LogP contribution in [0.3, 0.4) is 0 Å². The molecule has 1 fully saturated rings. The minimum atomic E-state index is 0.202. The molecule has 0 radical (unpaired) electrons. The second-order valence-corrected chi connectivity index (χ2v) is 6.05. The summed E-state index contributed by atoms with van der Waals surface area (Å²) >= 11 is 0. The summed E-state index contributed by atoms with van der Waals surface area (Å²) in [5, 5.41) is 4.06. The van der Waals surface area contributed by atoms with Crippen molar-refractivity contribution in [3.05, 3.63) is 11.7 Å². The largest absolute Gasteiger partial charge is 0.345 e. The highest BCUT2D eigenvalue weighted by Crippen LogP contribution is 2.31. The first-order valence-corrected chi connectivity index (χ1v) is 8.27. The lowest BCUT2D eigenvalue weighted by Gasteiger charge is -2.17. The zero-order valence-corrected chi connectivity index (χ0v) is 13.3. The van der Waals surface area contributed by atoms with Crippen molar-refractivity contribution in [1.82, 2.24) is 15.0 Å². The number of aromatic nitrogens is 2. The minimum Gasteiger partial charge on any atom is -0.345 e. The van der Waals surface area contributed by atoms with Crippen LogP contribution in [0.5, 0.6) is 0 Å². The Balaban J connectivity index is 1.78. The van der Waals surface area contributed by atoms with Crippen LogP contribution in [-0.2, 0) is 11.2 Å². The van der Waals surface area contributed by atoms with E-state index in [0.717, 1.165) is 37.4 Å². The van der Waals surface area contributed by atoms with E-state index in [-0.39, 0.29) is 5.91 Å². The van der Waals surface area contributed by atoms with Gasteiger partial charge in [0, 0.05) is 32.4 Å². The van der Waals surface area contributed by atoms with E-state index >= 15 is 0 Å². The molecule has 0 atom stereocenters. The molecule has 1 heterocycles. The van der Waals surface area contributed by atoms with E-state index in [2.05, 4.69) is 17.1 Å². The van der Waals surface area contributed by atoms with Crippen LogP contribution in [-0.4, -0.2) is 34.5 Å². The summed E-state index contributed by atoms with van der Waals surface area (Å²) in [5.74, 6) is 2.17. The number of hydrogen-bond donors (Lipinski definition) is 0. The lowest BCUT2D eigenvalue weighted by atomic mass is 9.89. The third-order valence-electron chi connectivity index (χ3n) is 4.28. The zero-order valence-electron chi connectivity index (χ0n) is 13.3. The van der Waals surface area contributed by atoms with E-state index in [1.54, 1.807) is 4.90 Å². The average molecular weight is 293 g/mol. The molecule has 5 nitrogen and oxygen atoms in total. The Bertz CT molecular complexity index is 438. The van der Waals surface area contributed by atoms with Crippen LogP contribution in [0.25, 0.3) is 0 Å². The van der Waals surface area contributed by atoms with Crippen LogP contribution >= 0.6 is 0 Å². The average Bonchev–Trinajstić information content (AvgIpc) is 3.00. The molecule has 0 unspecified atom stereocenters. The highest BCUT2D eigenvalue weighted by Gasteiger charge is 2.21. The maximum atomic E-state index is 11.8. The van der Waals surface area contributed by atoms with Crippen molar-refractivity contribution >= 4 is 5.91 Å². The van der Waals surface area contributed by atoms with Gasteiger partial charge in [0.2, 0.25) is 11.8 Å². The fraction of sp³-hybridized carbons (Fsp3) is 0.812. The number of carbonyl (C=O) groups excluding carboxylic acids is 1. The summed E-state index contributed by atoms with van der Waals surface area (Å²) in [7, 11) is 1.85. The Hall–Kier alpha value is -1.39. The Morgan fingerprint density at radius 1 is 1.33 bits per heavy atom. The van der Waals surface area contributed by atoms with Gasteiger partial charge in [-0.1, -0.05) is 37.8 Å². The first kappa shape index (κ1) is 16.0.